The molecule has 0 aromatic heterocycles. The fraction of sp³-hybridized carbons (Fsp3) is 0.300. The zero-order valence-corrected chi connectivity index (χ0v) is 7.64. The molecule has 0 unspecified atom stereocenters. The molecular formula is C10H14N2O. The molecule has 0 spiro atoms. The number of nitrogens with zero attached hydrogens (tertiary/aromatic N) is 1. The number of para-hydroxylation sites is 1. The summed E-state index contributed by atoms with van der Waals surface area (Å²) in [6.45, 7) is 2.47. The third-order valence-electron chi connectivity index (χ3n) is 1.56. The first-order valence-electron chi connectivity index (χ1n) is 4.23. The molecule has 70 valence electrons. The van der Waals surface area contributed by atoms with Crippen LogP contribution in [0, 0.1) is 0 Å². The molecule has 1 atom stereocenters. The number of phenolic OH excluding ortho intramolecular Hbond substituents is 1. The van der Waals surface area contributed by atoms with Crippen molar-refractivity contribution in [1.29, 1.82) is 0 Å². The number of benzene rings is 1. The first-order valence-corrected chi connectivity index (χ1v) is 4.23. The van der Waals surface area contributed by atoms with Crippen molar-refractivity contribution in [2.24, 2.45) is 10.7 Å². The van der Waals surface area contributed by atoms with Gasteiger partial charge in [-0.1, -0.05) is 12.1 Å². The van der Waals surface area contributed by atoms with Crippen LogP contribution < -0.4 is 5.73 Å². The number of aliphatic imine (C=N–C) groups is 1. The maximum atomic E-state index is 9.35. The van der Waals surface area contributed by atoms with E-state index in [1.54, 1.807) is 24.4 Å². The van der Waals surface area contributed by atoms with Crippen LogP contribution in [0.2, 0.25) is 0 Å². The Bertz CT molecular complexity index is 295. The minimum atomic E-state index is 0.0575. The van der Waals surface area contributed by atoms with Crippen molar-refractivity contribution >= 4 is 6.21 Å². The molecule has 0 heterocycles. The normalized spacial score (nSPS) is 13.4. The van der Waals surface area contributed by atoms with Crippen molar-refractivity contribution in [3.05, 3.63) is 29.8 Å². The highest BCUT2D eigenvalue weighted by atomic mass is 16.3. The minimum Gasteiger partial charge on any atom is -0.507 e. The Balaban J connectivity index is 2.63. The molecule has 1 rings (SSSR count). The summed E-state index contributed by atoms with van der Waals surface area (Å²) in [6.07, 6.45) is 1.64. The van der Waals surface area contributed by atoms with Crippen molar-refractivity contribution < 1.29 is 5.11 Å². The zero-order chi connectivity index (χ0) is 9.68. The molecule has 3 heteroatoms. The summed E-state index contributed by atoms with van der Waals surface area (Å²) in [5.74, 6) is 0.246. The summed E-state index contributed by atoms with van der Waals surface area (Å²) in [4.78, 5) is 4.09. The van der Waals surface area contributed by atoms with E-state index in [1.807, 2.05) is 13.0 Å². The summed E-state index contributed by atoms with van der Waals surface area (Å²) in [5.41, 5.74) is 6.24. The van der Waals surface area contributed by atoms with Crippen LogP contribution in [-0.2, 0) is 0 Å². The second-order valence-corrected chi connectivity index (χ2v) is 3.03. The monoisotopic (exact) mass is 178 g/mol. The fourth-order valence-electron chi connectivity index (χ4n) is 0.914. The van der Waals surface area contributed by atoms with E-state index >= 15 is 0 Å². The van der Waals surface area contributed by atoms with Gasteiger partial charge in [-0.3, -0.25) is 4.99 Å². The Morgan fingerprint density at radius 3 is 2.85 bits per heavy atom. The van der Waals surface area contributed by atoms with E-state index in [0.717, 1.165) is 5.56 Å². The SMILES string of the molecule is C[C@@H](N)CN=Cc1ccccc1O. The molecule has 0 radical (unpaired) electrons. The van der Waals surface area contributed by atoms with E-state index in [2.05, 4.69) is 4.99 Å². The Kier molecular flexibility index (Phi) is 3.46. The van der Waals surface area contributed by atoms with E-state index in [0.29, 0.717) is 6.54 Å². The van der Waals surface area contributed by atoms with Gasteiger partial charge in [0.2, 0.25) is 0 Å². The van der Waals surface area contributed by atoms with Gasteiger partial charge < -0.3 is 10.8 Å². The van der Waals surface area contributed by atoms with Crippen LogP contribution in [0.5, 0.6) is 5.75 Å². The highest BCUT2D eigenvalue weighted by Crippen LogP contribution is 2.12. The molecule has 0 bridgehead atoms. The number of hydrogen-bond donors (Lipinski definition) is 2. The van der Waals surface area contributed by atoms with Crippen molar-refractivity contribution in [2.45, 2.75) is 13.0 Å². The van der Waals surface area contributed by atoms with Crippen LogP contribution in [0.4, 0.5) is 0 Å². The standard InChI is InChI=1S/C10H14N2O/c1-8(11)6-12-7-9-4-2-3-5-10(9)13/h2-5,7-8,13H,6,11H2,1H3/t8-/m1/s1. The highest BCUT2D eigenvalue weighted by Gasteiger charge is 1.94. The molecule has 0 saturated heterocycles. The molecule has 13 heavy (non-hydrogen) atoms. The van der Waals surface area contributed by atoms with Crippen molar-refractivity contribution in [3.8, 4) is 5.75 Å². The second-order valence-electron chi connectivity index (χ2n) is 3.03. The summed E-state index contributed by atoms with van der Waals surface area (Å²) in [7, 11) is 0. The van der Waals surface area contributed by atoms with Crippen LogP contribution in [0.3, 0.4) is 0 Å². The average Bonchev–Trinajstić information content (AvgIpc) is 2.08. The number of phenols is 1. The van der Waals surface area contributed by atoms with Gasteiger partial charge in [0.15, 0.2) is 0 Å². The van der Waals surface area contributed by atoms with Crippen LogP contribution in [0.15, 0.2) is 29.3 Å². The Morgan fingerprint density at radius 1 is 1.54 bits per heavy atom. The molecule has 0 fully saturated rings. The summed E-state index contributed by atoms with van der Waals surface area (Å²) < 4.78 is 0. The van der Waals surface area contributed by atoms with Gasteiger partial charge in [0, 0.05) is 17.8 Å². The van der Waals surface area contributed by atoms with Crippen molar-refractivity contribution in [2.75, 3.05) is 6.54 Å². The maximum Gasteiger partial charge on any atom is 0.124 e. The number of nitrogens with two attached hydrogens (primary N) is 1. The highest BCUT2D eigenvalue weighted by molar-refractivity contribution is 5.83. The third kappa shape index (κ3) is 3.25. The van der Waals surface area contributed by atoms with Gasteiger partial charge in [0.1, 0.15) is 5.75 Å². The van der Waals surface area contributed by atoms with Gasteiger partial charge in [-0.25, -0.2) is 0 Å². The predicted octanol–water partition coefficient (Wildman–Crippen LogP) is 1.16. The Morgan fingerprint density at radius 2 is 2.23 bits per heavy atom. The Labute approximate surface area is 77.9 Å². The van der Waals surface area contributed by atoms with E-state index < -0.39 is 0 Å². The molecule has 0 amide bonds. The van der Waals surface area contributed by atoms with Crippen LogP contribution in [0.1, 0.15) is 12.5 Å². The lowest BCUT2D eigenvalue weighted by molar-refractivity contribution is 0.474. The lowest BCUT2D eigenvalue weighted by atomic mass is 10.2. The van der Waals surface area contributed by atoms with Gasteiger partial charge in [0.25, 0.3) is 0 Å². The Hall–Kier alpha value is -1.35. The topological polar surface area (TPSA) is 58.6 Å². The maximum absolute atomic E-state index is 9.35. The van der Waals surface area contributed by atoms with Gasteiger partial charge in [-0.05, 0) is 19.1 Å². The lowest BCUT2D eigenvalue weighted by Gasteiger charge is -1.99. The quantitative estimate of drug-likeness (QED) is 0.682. The van der Waals surface area contributed by atoms with E-state index in [4.69, 9.17) is 5.73 Å². The van der Waals surface area contributed by atoms with Crippen molar-refractivity contribution in [3.63, 3.8) is 0 Å². The van der Waals surface area contributed by atoms with Crippen LogP contribution in [-0.4, -0.2) is 23.9 Å². The zero-order valence-electron chi connectivity index (χ0n) is 7.64. The van der Waals surface area contributed by atoms with E-state index in [1.165, 1.54) is 0 Å². The molecular weight excluding hydrogens is 164 g/mol. The van der Waals surface area contributed by atoms with Gasteiger partial charge >= 0.3 is 0 Å². The molecule has 3 N–H and O–H groups in total. The lowest BCUT2D eigenvalue weighted by Crippen LogP contribution is -2.18. The van der Waals surface area contributed by atoms with Gasteiger partial charge in [-0.2, -0.15) is 0 Å². The number of rotatable bonds is 3. The largest absolute Gasteiger partial charge is 0.507 e. The summed E-state index contributed by atoms with van der Waals surface area (Å²) in [6, 6.07) is 7.13. The molecule has 0 aliphatic heterocycles. The molecule has 0 saturated carbocycles. The van der Waals surface area contributed by atoms with Gasteiger partial charge in [0.05, 0.1) is 6.54 Å². The van der Waals surface area contributed by atoms with Crippen molar-refractivity contribution in [1.82, 2.24) is 0 Å². The predicted molar refractivity (Wildman–Crippen MR) is 54.2 cm³/mol. The van der Waals surface area contributed by atoms with Gasteiger partial charge in [-0.15, -0.1) is 0 Å². The smallest absolute Gasteiger partial charge is 0.124 e. The summed E-state index contributed by atoms with van der Waals surface area (Å²) in [5, 5.41) is 9.35. The minimum absolute atomic E-state index is 0.0575. The molecule has 0 aliphatic rings. The van der Waals surface area contributed by atoms with E-state index in [9.17, 15) is 5.11 Å². The molecule has 1 aromatic rings. The second kappa shape index (κ2) is 4.62. The first kappa shape index (κ1) is 9.74. The fourth-order valence-corrected chi connectivity index (χ4v) is 0.914. The summed E-state index contributed by atoms with van der Waals surface area (Å²) >= 11 is 0. The number of aromatic hydroxyl groups is 1. The van der Waals surface area contributed by atoms with E-state index in [-0.39, 0.29) is 11.8 Å². The first-order chi connectivity index (χ1) is 6.20. The van der Waals surface area contributed by atoms with Crippen LogP contribution >= 0.6 is 0 Å². The average molecular weight is 178 g/mol. The molecule has 3 nitrogen and oxygen atoms in total. The van der Waals surface area contributed by atoms with Crippen LogP contribution in [0.25, 0.3) is 0 Å². The molecule has 1 aromatic carbocycles. The third-order valence-corrected chi connectivity index (χ3v) is 1.56. The molecule has 0 aliphatic carbocycles. The number of hydrogen-bond acceptors (Lipinski definition) is 3.